The highest BCUT2D eigenvalue weighted by Crippen LogP contribution is 2.15. The molecule has 2 heteroatoms. The highest BCUT2D eigenvalue weighted by molar-refractivity contribution is 14.1. The van der Waals surface area contributed by atoms with Crippen molar-refractivity contribution in [2.24, 2.45) is 0 Å². The molecule has 0 aliphatic carbocycles. The van der Waals surface area contributed by atoms with Gasteiger partial charge in [0.25, 0.3) is 0 Å². The van der Waals surface area contributed by atoms with Gasteiger partial charge in [-0.05, 0) is 52.3 Å². The number of hydrogen-bond acceptors (Lipinski definition) is 0. The molecular weight excluding hydrogens is 270 g/mol. The minimum atomic E-state index is 0.625. The third-order valence-corrected chi connectivity index (χ3v) is 2.65. The molecule has 0 spiro atoms. The first-order valence-corrected chi connectivity index (χ1v) is 5.22. The molecule has 0 radical (unpaired) electrons. The van der Waals surface area contributed by atoms with Gasteiger partial charge in [-0.15, -0.1) is 11.6 Å². The first-order chi connectivity index (χ1) is 5.27. The molecule has 0 aromatic heterocycles. The van der Waals surface area contributed by atoms with Crippen LogP contribution in [-0.4, -0.2) is 0 Å². The van der Waals surface area contributed by atoms with Crippen LogP contribution < -0.4 is 0 Å². The van der Waals surface area contributed by atoms with E-state index in [2.05, 4.69) is 47.7 Å². The predicted octanol–water partition coefficient (Wildman–Crippen LogP) is 3.59. The van der Waals surface area contributed by atoms with Crippen molar-refractivity contribution >= 4 is 34.2 Å². The van der Waals surface area contributed by atoms with E-state index >= 15 is 0 Å². The second-order valence-electron chi connectivity index (χ2n) is 2.40. The molecule has 0 nitrogen and oxygen atoms in total. The normalized spacial score (nSPS) is 10.1. The lowest BCUT2D eigenvalue weighted by Gasteiger charge is -2.03. The number of halogens is 2. The summed E-state index contributed by atoms with van der Waals surface area (Å²) in [5, 5.41) is 0. The maximum Gasteiger partial charge on any atom is 0.0476 e. The van der Waals surface area contributed by atoms with E-state index in [1.54, 1.807) is 0 Å². The van der Waals surface area contributed by atoms with Gasteiger partial charge in [0.15, 0.2) is 0 Å². The predicted molar refractivity (Wildman–Crippen MR) is 58.1 cm³/mol. The highest BCUT2D eigenvalue weighted by Gasteiger charge is 1.98. The average molecular weight is 281 g/mol. The fourth-order valence-electron chi connectivity index (χ4n) is 1.05. The van der Waals surface area contributed by atoms with Crippen LogP contribution in [0.1, 0.15) is 18.1 Å². The van der Waals surface area contributed by atoms with Crippen LogP contribution in [0, 0.1) is 3.57 Å². The largest absolute Gasteiger partial charge is 0.122 e. The zero-order valence-electron chi connectivity index (χ0n) is 6.40. The number of hydrogen-bond donors (Lipinski definition) is 0. The van der Waals surface area contributed by atoms with Crippen LogP contribution >= 0.6 is 34.2 Å². The van der Waals surface area contributed by atoms with E-state index in [0.29, 0.717) is 5.88 Å². The topological polar surface area (TPSA) is 0 Å². The summed E-state index contributed by atoms with van der Waals surface area (Å²) in [6.07, 6.45) is 1.07. The third-order valence-electron chi connectivity index (χ3n) is 1.69. The summed E-state index contributed by atoms with van der Waals surface area (Å²) < 4.78 is 1.29. The van der Waals surface area contributed by atoms with E-state index in [0.717, 1.165) is 6.42 Å². The molecule has 0 bridgehead atoms. The minimum absolute atomic E-state index is 0.625. The van der Waals surface area contributed by atoms with Crippen LogP contribution in [-0.2, 0) is 12.3 Å². The van der Waals surface area contributed by atoms with Gasteiger partial charge in [-0.3, -0.25) is 0 Å². The molecule has 0 heterocycles. The van der Waals surface area contributed by atoms with Crippen molar-refractivity contribution < 1.29 is 0 Å². The van der Waals surface area contributed by atoms with Gasteiger partial charge >= 0.3 is 0 Å². The van der Waals surface area contributed by atoms with Gasteiger partial charge in [-0.25, -0.2) is 0 Å². The van der Waals surface area contributed by atoms with Gasteiger partial charge in [0.2, 0.25) is 0 Å². The standard InChI is InChI=1S/C9H10ClI/c1-2-7-5-9(11)4-3-8(7)6-10/h3-5H,2,6H2,1H3. The summed E-state index contributed by atoms with van der Waals surface area (Å²) in [5.74, 6) is 0.625. The van der Waals surface area contributed by atoms with Crippen molar-refractivity contribution in [1.82, 2.24) is 0 Å². The molecule has 1 aromatic carbocycles. The Labute approximate surface area is 86.1 Å². The molecule has 0 atom stereocenters. The van der Waals surface area contributed by atoms with Crippen LogP contribution in [0.15, 0.2) is 18.2 Å². The minimum Gasteiger partial charge on any atom is -0.122 e. The fourth-order valence-corrected chi connectivity index (χ4v) is 1.87. The molecule has 11 heavy (non-hydrogen) atoms. The Morgan fingerprint density at radius 3 is 2.64 bits per heavy atom. The zero-order valence-corrected chi connectivity index (χ0v) is 9.32. The van der Waals surface area contributed by atoms with E-state index in [4.69, 9.17) is 11.6 Å². The average Bonchev–Trinajstić information content (AvgIpc) is 2.04. The lowest BCUT2D eigenvalue weighted by molar-refractivity contribution is 1.10. The quantitative estimate of drug-likeness (QED) is 0.574. The van der Waals surface area contributed by atoms with Gasteiger partial charge in [0.1, 0.15) is 0 Å². The molecule has 1 rings (SSSR count). The number of alkyl halides is 1. The second kappa shape index (κ2) is 4.31. The first-order valence-electron chi connectivity index (χ1n) is 3.61. The van der Waals surface area contributed by atoms with E-state index in [9.17, 15) is 0 Å². The fraction of sp³-hybridized carbons (Fsp3) is 0.333. The van der Waals surface area contributed by atoms with Crippen molar-refractivity contribution in [1.29, 1.82) is 0 Å². The smallest absolute Gasteiger partial charge is 0.0476 e. The SMILES string of the molecule is CCc1cc(I)ccc1CCl. The van der Waals surface area contributed by atoms with E-state index in [1.165, 1.54) is 14.7 Å². The molecule has 0 aliphatic rings. The van der Waals surface area contributed by atoms with Crippen LogP contribution in [0.5, 0.6) is 0 Å². The molecule has 0 unspecified atom stereocenters. The summed E-state index contributed by atoms with van der Waals surface area (Å²) in [7, 11) is 0. The number of aryl methyl sites for hydroxylation is 1. The van der Waals surface area contributed by atoms with Gasteiger partial charge < -0.3 is 0 Å². The summed E-state index contributed by atoms with van der Waals surface area (Å²) in [4.78, 5) is 0. The Bertz CT molecular complexity index is 245. The maximum atomic E-state index is 5.76. The Kier molecular flexibility index (Phi) is 3.66. The first kappa shape index (κ1) is 9.33. The Morgan fingerprint density at radius 1 is 1.36 bits per heavy atom. The summed E-state index contributed by atoms with van der Waals surface area (Å²) >= 11 is 8.08. The third kappa shape index (κ3) is 2.34. The molecule has 0 N–H and O–H groups in total. The van der Waals surface area contributed by atoms with Gasteiger partial charge in [-0.1, -0.05) is 13.0 Å². The van der Waals surface area contributed by atoms with Crippen LogP contribution in [0.25, 0.3) is 0 Å². The lowest BCUT2D eigenvalue weighted by atomic mass is 10.1. The zero-order chi connectivity index (χ0) is 8.27. The highest BCUT2D eigenvalue weighted by atomic mass is 127. The van der Waals surface area contributed by atoms with Crippen LogP contribution in [0.2, 0.25) is 0 Å². The van der Waals surface area contributed by atoms with Crippen LogP contribution in [0.4, 0.5) is 0 Å². The number of benzene rings is 1. The van der Waals surface area contributed by atoms with Crippen molar-refractivity contribution in [3.63, 3.8) is 0 Å². The van der Waals surface area contributed by atoms with E-state index in [-0.39, 0.29) is 0 Å². The van der Waals surface area contributed by atoms with E-state index < -0.39 is 0 Å². The Morgan fingerprint density at radius 2 is 2.09 bits per heavy atom. The summed E-state index contributed by atoms with van der Waals surface area (Å²) in [6, 6.07) is 6.39. The molecule has 0 saturated heterocycles. The van der Waals surface area contributed by atoms with Crippen molar-refractivity contribution in [3.8, 4) is 0 Å². The Hall–Kier alpha value is 0.240. The molecule has 1 aromatic rings. The van der Waals surface area contributed by atoms with Crippen molar-refractivity contribution in [2.75, 3.05) is 0 Å². The second-order valence-corrected chi connectivity index (χ2v) is 3.91. The van der Waals surface area contributed by atoms with Crippen molar-refractivity contribution in [3.05, 3.63) is 32.9 Å². The monoisotopic (exact) mass is 280 g/mol. The molecule has 0 saturated carbocycles. The maximum absolute atomic E-state index is 5.76. The molecule has 0 amide bonds. The molecular formula is C9H10ClI. The lowest BCUT2D eigenvalue weighted by Crippen LogP contribution is -1.89. The van der Waals surface area contributed by atoms with E-state index in [1.807, 2.05) is 0 Å². The van der Waals surface area contributed by atoms with Gasteiger partial charge in [0.05, 0.1) is 0 Å². The van der Waals surface area contributed by atoms with Gasteiger partial charge in [0, 0.05) is 9.45 Å². The number of rotatable bonds is 2. The summed E-state index contributed by atoms with van der Waals surface area (Å²) in [6.45, 7) is 2.15. The van der Waals surface area contributed by atoms with Gasteiger partial charge in [-0.2, -0.15) is 0 Å². The molecule has 0 aliphatic heterocycles. The molecule has 60 valence electrons. The van der Waals surface area contributed by atoms with Crippen LogP contribution in [0.3, 0.4) is 0 Å². The molecule has 0 fully saturated rings. The van der Waals surface area contributed by atoms with Crippen molar-refractivity contribution in [2.45, 2.75) is 19.2 Å². The summed E-state index contributed by atoms with van der Waals surface area (Å²) in [5.41, 5.74) is 2.63. The Balaban J connectivity index is 3.06.